The molecule has 0 spiro atoms. The van der Waals surface area contributed by atoms with Gasteiger partial charge in [0.2, 0.25) is 0 Å². The Bertz CT molecular complexity index is 1170. The number of aromatic nitrogens is 2. The van der Waals surface area contributed by atoms with E-state index in [9.17, 15) is 18.0 Å². The second kappa shape index (κ2) is 7.16. The van der Waals surface area contributed by atoms with Crippen LogP contribution in [0.2, 0.25) is 0 Å². The molecule has 0 aliphatic heterocycles. The second-order valence-electron chi connectivity index (χ2n) is 5.50. The molecule has 27 heavy (non-hydrogen) atoms. The fraction of sp³-hybridized carbons (Fsp3) is 0.312. The number of esters is 1. The number of rotatable bonds is 6. The fourth-order valence-electron chi connectivity index (χ4n) is 2.51. The number of aryl methyl sites for hydroxylation is 2. The smallest absolute Gasteiger partial charge is 0.419 e. The van der Waals surface area contributed by atoms with Crippen molar-refractivity contribution in [2.45, 2.75) is 32.2 Å². The van der Waals surface area contributed by atoms with Crippen LogP contribution in [-0.4, -0.2) is 30.5 Å². The Kier molecular flexibility index (Phi) is 5.07. The van der Waals surface area contributed by atoms with Gasteiger partial charge >= 0.3 is 11.7 Å². The lowest BCUT2D eigenvalue weighted by Gasteiger charge is -2.05. The number of nitrogens with one attached hydrogen (secondary N) is 1. The zero-order valence-electron chi connectivity index (χ0n) is 14.8. The molecule has 0 atom stereocenters. The van der Waals surface area contributed by atoms with E-state index in [1.807, 2.05) is 0 Å². The first-order chi connectivity index (χ1) is 12.8. The number of carbonyl (C=O) groups is 1. The van der Waals surface area contributed by atoms with Gasteiger partial charge < -0.3 is 9.15 Å². The molecule has 0 unspecified atom stereocenters. The van der Waals surface area contributed by atoms with Crippen molar-refractivity contribution >= 4 is 43.6 Å². The van der Waals surface area contributed by atoms with E-state index in [-0.39, 0.29) is 27.1 Å². The molecule has 1 N–H and O–H groups in total. The number of sulfonamides is 1. The topological polar surface area (TPSA) is 121 Å². The van der Waals surface area contributed by atoms with Gasteiger partial charge in [-0.3, -0.25) is 9.29 Å². The van der Waals surface area contributed by atoms with Crippen LogP contribution >= 0.6 is 11.3 Å². The Labute approximate surface area is 158 Å². The second-order valence-corrected chi connectivity index (χ2v) is 8.18. The number of anilines is 1. The minimum Gasteiger partial charge on any atom is -0.462 e. The molecule has 0 aliphatic carbocycles. The lowest BCUT2D eigenvalue weighted by molar-refractivity contribution is 0.0531. The standard InChI is InChI=1S/C16H17N3O6S2/c1-4-19-11-7-6-10(8-12(11)25-16(19)21)27(22,23)18-15-17-9(3)13(26-15)14(20)24-5-2/h6-8H,4-5H2,1-3H3,(H,17,18). The molecule has 2 heterocycles. The summed E-state index contributed by atoms with van der Waals surface area (Å²) in [4.78, 5) is 27.8. The van der Waals surface area contributed by atoms with Crippen LogP contribution in [0.5, 0.6) is 0 Å². The number of hydrogen-bond donors (Lipinski definition) is 1. The van der Waals surface area contributed by atoms with Gasteiger partial charge in [-0.15, -0.1) is 0 Å². The van der Waals surface area contributed by atoms with E-state index in [2.05, 4.69) is 9.71 Å². The summed E-state index contributed by atoms with van der Waals surface area (Å²) < 4.78 is 39.0. The van der Waals surface area contributed by atoms with Gasteiger partial charge in [-0.05, 0) is 32.9 Å². The first kappa shape index (κ1) is 19.1. The monoisotopic (exact) mass is 411 g/mol. The Hall–Kier alpha value is -2.66. The number of carbonyl (C=O) groups excluding carboxylic acids is 1. The summed E-state index contributed by atoms with van der Waals surface area (Å²) in [5.74, 6) is -1.10. The van der Waals surface area contributed by atoms with E-state index < -0.39 is 21.7 Å². The number of hydrogen-bond acceptors (Lipinski definition) is 8. The lowest BCUT2D eigenvalue weighted by Crippen LogP contribution is -2.13. The molecule has 0 fully saturated rings. The van der Waals surface area contributed by atoms with Crippen molar-refractivity contribution in [2.24, 2.45) is 0 Å². The first-order valence-corrected chi connectivity index (χ1v) is 10.4. The maximum absolute atomic E-state index is 12.6. The third-order valence-electron chi connectivity index (χ3n) is 3.75. The molecule has 0 aliphatic rings. The van der Waals surface area contributed by atoms with Gasteiger partial charge in [0, 0.05) is 12.6 Å². The van der Waals surface area contributed by atoms with Gasteiger partial charge in [-0.1, -0.05) is 11.3 Å². The highest BCUT2D eigenvalue weighted by Crippen LogP contribution is 2.27. The van der Waals surface area contributed by atoms with Crippen LogP contribution in [0.4, 0.5) is 5.13 Å². The van der Waals surface area contributed by atoms with Crippen molar-refractivity contribution < 1.29 is 22.4 Å². The third-order valence-corrected chi connectivity index (χ3v) is 6.26. The largest absolute Gasteiger partial charge is 0.462 e. The van der Waals surface area contributed by atoms with E-state index in [1.54, 1.807) is 20.8 Å². The van der Waals surface area contributed by atoms with Gasteiger partial charge in [-0.25, -0.2) is 23.0 Å². The molecule has 3 rings (SSSR count). The molecular weight excluding hydrogens is 394 g/mol. The highest BCUT2D eigenvalue weighted by Gasteiger charge is 2.22. The van der Waals surface area contributed by atoms with E-state index in [1.165, 1.54) is 22.8 Å². The summed E-state index contributed by atoms with van der Waals surface area (Å²) in [5, 5.41) is 0.0447. The molecule has 144 valence electrons. The van der Waals surface area contributed by atoms with Crippen molar-refractivity contribution in [1.29, 1.82) is 0 Å². The van der Waals surface area contributed by atoms with Crippen LogP contribution < -0.4 is 10.5 Å². The zero-order chi connectivity index (χ0) is 19.8. The average Bonchev–Trinajstić information content (AvgIpc) is 3.12. The van der Waals surface area contributed by atoms with Crippen LogP contribution in [-0.2, 0) is 21.3 Å². The van der Waals surface area contributed by atoms with Crippen LogP contribution in [0.1, 0.15) is 29.2 Å². The number of benzene rings is 1. The quantitative estimate of drug-likeness (QED) is 0.618. The van der Waals surface area contributed by atoms with E-state index in [0.717, 1.165) is 11.3 Å². The summed E-state index contributed by atoms with van der Waals surface area (Å²) in [5.41, 5.74) is 1.06. The van der Waals surface area contributed by atoms with Gasteiger partial charge in [0.15, 0.2) is 10.7 Å². The molecule has 0 bridgehead atoms. The van der Waals surface area contributed by atoms with Crippen molar-refractivity contribution in [3.63, 3.8) is 0 Å². The number of thiazole rings is 1. The minimum atomic E-state index is -3.98. The van der Waals surface area contributed by atoms with Gasteiger partial charge in [0.05, 0.1) is 22.7 Å². The summed E-state index contributed by atoms with van der Waals surface area (Å²) in [6.45, 7) is 5.67. The van der Waals surface area contributed by atoms with Gasteiger partial charge in [-0.2, -0.15) is 0 Å². The van der Waals surface area contributed by atoms with E-state index >= 15 is 0 Å². The molecule has 0 saturated carbocycles. The zero-order valence-corrected chi connectivity index (χ0v) is 16.4. The molecule has 0 radical (unpaired) electrons. The number of fused-ring (bicyclic) bond motifs is 1. The minimum absolute atomic E-state index is 0.0447. The van der Waals surface area contributed by atoms with Crippen LogP contribution in [0.15, 0.2) is 32.3 Å². The number of oxazole rings is 1. The highest BCUT2D eigenvalue weighted by atomic mass is 32.2. The number of ether oxygens (including phenoxy) is 1. The van der Waals surface area contributed by atoms with Crippen LogP contribution in [0.3, 0.4) is 0 Å². The van der Waals surface area contributed by atoms with E-state index in [4.69, 9.17) is 9.15 Å². The molecule has 0 amide bonds. The Morgan fingerprint density at radius 1 is 1.37 bits per heavy atom. The van der Waals surface area contributed by atoms with Crippen LogP contribution in [0.25, 0.3) is 11.1 Å². The van der Waals surface area contributed by atoms with Gasteiger partial charge in [0.25, 0.3) is 10.0 Å². The summed E-state index contributed by atoms with van der Waals surface area (Å²) >= 11 is 0.889. The lowest BCUT2D eigenvalue weighted by atomic mass is 10.3. The Balaban J connectivity index is 1.93. The van der Waals surface area contributed by atoms with Crippen molar-refractivity contribution in [2.75, 3.05) is 11.3 Å². The molecule has 0 saturated heterocycles. The SMILES string of the molecule is CCOC(=O)c1sc(NS(=O)(=O)c2ccc3c(c2)oc(=O)n3CC)nc1C. The average molecular weight is 411 g/mol. The van der Waals surface area contributed by atoms with Crippen molar-refractivity contribution in [3.8, 4) is 0 Å². The summed E-state index contributed by atoms with van der Waals surface area (Å²) in [6, 6.07) is 4.16. The molecule has 9 nitrogen and oxygen atoms in total. The summed E-state index contributed by atoms with van der Waals surface area (Å²) in [7, 11) is -3.98. The van der Waals surface area contributed by atoms with Gasteiger partial charge in [0.1, 0.15) is 4.88 Å². The van der Waals surface area contributed by atoms with Crippen molar-refractivity contribution in [1.82, 2.24) is 9.55 Å². The van der Waals surface area contributed by atoms with Crippen LogP contribution in [0, 0.1) is 6.92 Å². The summed E-state index contributed by atoms with van der Waals surface area (Å²) in [6.07, 6.45) is 0. The first-order valence-electron chi connectivity index (χ1n) is 8.07. The Morgan fingerprint density at radius 2 is 2.11 bits per heavy atom. The third kappa shape index (κ3) is 3.60. The molecule has 3 aromatic rings. The van der Waals surface area contributed by atoms with Crippen molar-refractivity contribution in [3.05, 3.63) is 39.3 Å². The number of nitrogens with zero attached hydrogens (tertiary/aromatic N) is 2. The predicted octanol–water partition coefficient (Wildman–Crippen LogP) is 2.36. The Morgan fingerprint density at radius 3 is 2.78 bits per heavy atom. The normalized spacial score (nSPS) is 11.7. The van der Waals surface area contributed by atoms with E-state index in [0.29, 0.717) is 17.8 Å². The predicted molar refractivity (Wildman–Crippen MR) is 99.8 cm³/mol. The maximum Gasteiger partial charge on any atom is 0.419 e. The highest BCUT2D eigenvalue weighted by molar-refractivity contribution is 7.93. The fourth-order valence-corrected chi connectivity index (χ4v) is 4.62. The molecule has 1 aromatic carbocycles. The molecule has 11 heteroatoms. The molecular formula is C16H17N3O6S2. The maximum atomic E-state index is 12.6. The molecule has 2 aromatic heterocycles.